The molecule has 1 fully saturated rings. The van der Waals surface area contributed by atoms with Crippen LogP contribution in [0.3, 0.4) is 0 Å². The standard InChI is InChI=1S/C17H19ClN2O3/c18-12-4-6-15(21)14(10-12)19-17(22)16-7-5-13(23-16)11-20-8-2-1-3-9-20/h4-7,10,21H,1-3,8-9,11H2,(H,19,22). The number of amides is 1. The lowest BCUT2D eigenvalue weighted by molar-refractivity contribution is 0.0991. The third-order valence-corrected chi connectivity index (χ3v) is 4.16. The fourth-order valence-corrected chi connectivity index (χ4v) is 2.89. The second-order valence-electron chi connectivity index (χ2n) is 5.72. The highest BCUT2D eigenvalue weighted by Gasteiger charge is 2.16. The molecule has 2 N–H and O–H groups in total. The zero-order valence-corrected chi connectivity index (χ0v) is 13.5. The zero-order chi connectivity index (χ0) is 16.2. The average Bonchev–Trinajstić information content (AvgIpc) is 3.00. The second kappa shape index (κ2) is 7.06. The smallest absolute Gasteiger partial charge is 0.291 e. The Morgan fingerprint density at radius 2 is 2.00 bits per heavy atom. The van der Waals surface area contributed by atoms with Gasteiger partial charge in [-0.15, -0.1) is 0 Å². The molecule has 1 aliphatic rings. The first-order chi connectivity index (χ1) is 11.1. The number of halogens is 1. The van der Waals surface area contributed by atoms with Crippen molar-refractivity contribution in [1.29, 1.82) is 0 Å². The molecule has 2 heterocycles. The number of likely N-dealkylation sites (tertiary alicyclic amines) is 1. The predicted molar refractivity (Wildman–Crippen MR) is 88.9 cm³/mol. The maximum Gasteiger partial charge on any atom is 0.291 e. The van der Waals surface area contributed by atoms with E-state index in [4.69, 9.17) is 16.0 Å². The summed E-state index contributed by atoms with van der Waals surface area (Å²) in [5.41, 5.74) is 0.261. The van der Waals surface area contributed by atoms with E-state index in [0.29, 0.717) is 5.02 Å². The van der Waals surface area contributed by atoms with Gasteiger partial charge in [0.2, 0.25) is 0 Å². The van der Waals surface area contributed by atoms with Crippen LogP contribution < -0.4 is 5.32 Å². The van der Waals surface area contributed by atoms with Crippen LogP contribution in [0.1, 0.15) is 35.6 Å². The van der Waals surface area contributed by atoms with Crippen molar-refractivity contribution in [2.75, 3.05) is 18.4 Å². The number of anilines is 1. The van der Waals surface area contributed by atoms with E-state index < -0.39 is 5.91 Å². The Balaban J connectivity index is 1.65. The molecule has 1 amide bonds. The molecular weight excluding hydrogens is 316 g/mol. The van der Waals surface area contributed by atoms with Gasteiger partial charge in [-0.05, 0) is 56.3 Å². The number of carbonyl (C=O) groups excluding carboxylic acids is 1. The zero-order valence-electron chi connectivity index (χ0n) is 12.7. The molecule has 0 spiro atoms. The quantitative estimate of drug-likeness (QED) is 0.833. The van der Waals surface area contributed by atoms with E-state index in [1.54, 1.807) is 12.1 Å². The molecule has 5 nitrogen and oxygen atoms in total. The molecule has 0 aliphatic carbocycles. The SMILES string of the molecule is O=C(Nc1cc(Cl)ccc1O)c1ccc(CN2CCCCC2)o1. The highest BCUT2D eigenvalue weighted by atomic mass is 35.5. The predicted octanol–water partition coefficient (Wildman–Crippen LogP) is 3.88. The van der Waals surface area contributed by atoms with E-state index in [2.05, 4.69) is 10.2 Å². The van der Waals surface area contributed by atoms with Crippen LogP contribution in [-0.4, -0.2) is 29.0 Å². The maximum absolute atomic E-state index is 12.2. The maximum atomic E-state index is 12.2. The number of hydrogen-bond acceptors (Lipinski definition) is 4. The van der Waals surface area contributed by atoms with Crippen LogP contribution in [0.25, 0.3) is 0 Å². The third-order valence-electron chi connectivity index (χ3n) is 3.92. The summed E-state index contributed by atoms with van der Waals surface area (Å²) in [6.45, 7) is 2.85. The van der Waals surface area contributed by atoms with Crippen molar-refractivity contribution in [3.8, 4) is 5.75 Å². The molecule has 6 heteroatoms. The van der Waals surface area contributed by atoms with Crippen molar-refractivity contribution in [2.45, 2.75) is 25.8 Å². The van der Waals surface area contributed by atoms with Crippen LogP contribution in [0.15, 0.2) is 34.7 Å². The van der Waals surface area contributed by atoms with Gasteiger partial charge >= 0.3 is 0 Å². The van der Waals surface area contributed by atoms with Gasteiger partial charge in [-0.1, -0.05) is 18.0 Å². The van der Waals surface area contributed by atoms with Gasteiger partial charge in [-0.25, -0.2) is 0 Å². The Morgan fingerprint density at radius 1 is 1.22 bits per heavy atom. The molecule has 1 aromatic carbocycles. The Morgan fingerprint density at radius 3 is 2.78 bits per heavy atom. The van der Waals surface area contributed by atoms with E-state index in [1.807, 2.05) is 6.07 Å². The molecule has 0 atom stereocenters. The summed E-state index contributed by atoms with van der Waals surface area (Å²) < 4.78 is 5.62. The number of nitrogens with zero attached hydrogens (tertiary/aromatic N) is 1. The van der Waals surface area contributed by atoms with Crippen molar-refractivity contribution in [1.82, 2.24) is 4.90 Å². The number of nitrogens with one attached hydrogen (secondary N) is 1. The van der Waals surface area contributed by atoms with Gasteiger partial charge in [-0.2, -0.15) is 0 Å². The van der Waals surface area contributed by atoms with Gasteiger partial charge in [0.1, 0.15) is 11.5 Å². The topological polar surface area (TPSA) is 65.7 Å². The number of phenolic OH excluding ortho intramolecular Hbond substituents is 1. The molecule has 0 bridgehead atoms. The minimum Gasteiger partial charge on any atom is -0.506 e. The molecule has 122 valence electrons. The van der Waals surface area contributed by atoms with Gasteiger partial charge in [0, 0.05) is 5.02 Å². The summed E-state index contributed by atoms with van der Waals surface area (Å²) in [6, 6.07) is 7.95. The van der Waals surface area contributed by atoms with Crippen molar-refractivity contribution >= 4 is 23.2 Å². The number of rotatable bonds is 4. The monoisotopic (exact) mass is 334 g/mol. The third kappa shape index (κ3) is 4.06. The fraction of sp³-hybridized carbons (Fsp3) is 0.353. The number of benzene rings is 1. The van der Waals surface area contributed by atoms with Crippen LogP contribution in [0, 0.1) is 0 Å². The van der Waals surface area contributed by atoms with E-state index in [9.17, 15) is 9.90 Å². The van der Waals surface area contributed by atoms with Crippen LogP contribution in [-0.2, 0) is 6.54 Å². The van der Waals surface area contributed by atoms with E-state index >= 15 is 0 Å². The summed E-state index contributed by atoms with van der Waals surface area (Å²) in [7, 11) is 0. The lowest BCUT2D eigenvalue weighted by atomic mass is 10.1. The molecule has 1 aliphatic heterocycles. The first-order valence-corrected chi connectivity index (χ1v) is 8.10. The second-order valence-corrected chi connectivity index (χ2v) is 6.15. The van der Waals surface area contributed by atoms with Crippen molar-refractivity contribution < 1.29 is 14.3 Å². The van der Waals surface area contributed by atoms with E-state index in [-0.39, 0.29) is 17.2 Å². The van der Waals surface area contributed by atoms with Gasteiger partial charge in [0.15, 0.2) is 5.76 Å². The number of carbonyl (C=O) groups is 1. The van der Waals surface area contributed by atoms with Gasteiger partial charge in [0.25, 0.3) is 5.91 Å². The fourth-order valence-electron chi connectivity index (χ4n) is 2.72. The van der Waals surface area contributed by atoms with Crippen molar-refractivity contribution in [2.24, 2.45) is 0 Å². The molecule has 0 unspecified atom stereocenters. The summed E-state index contributed by atoms with van der Waals surface area (Å²) in [5, 5.41) is 12.8. The molecule has 2 aromatic rings. The number of phenols is 1. The minimum absolute atomic E-state index is 0.0390. The summed E-state index contributed by atoms with van der Waals surface area (Å²) in [4.78, 5) is 14.5. The Labute approximate surface area is 139 Å². The molecule has 1 aromatic heterocycles. The molecular formula is C17H19ClN2O3. The molecule has 23 heavy (non-hydrogen) atoms. The highest BCUT2D eigenvalue weighted by molar-refractivity contribution is 6.31. The number of furan rings is 1. The molecule has 0 radical (unpaired) electrons. The Kier molecular flexibility index (Phi) is 4.88. The molecule has 0 saturated carbocycles. The van der Waals surface area contributed by atoms with Crippen molar-refractivity contribution in [3.63, 3.8) is 0 Å². The molecule has 1 saturated heterocycles. The number of aromatic hydroxyl groups is 1. The number of piperidine rings is 1. The minimum atomic E-state index is -0.410. The van der Waals surface area contributed by atoms with E-state index in [0.717, 1.165) is 25.4 Å². The van der Waals surface area contributed by atoms with Gasteiger partial charge in [0.05, 0.1) is 12.2 Å². The van der Waals surface area contributed by atoms with Crippen LogP contribution in [0.5, 0.6) is 5.75 Å². The largest absolute Gasteiger partial charge is 0.506 e. The van der Waals surface area contributed by atoms with Gasteiger partial charge < -0.3 is 14.8 Å². The first-order valence-electron chi connectivity index (χ1n) is 7.73. The number of hydrogen-bond donors (Lipinski definition) is 2. The Hall–Kier alpha value is -1.98. The summed E-state index contributed by atoms with van der Waals surface area (Å²) >= 11 is 5.87. The van der Waals surface area contributed by atoms with E-state index in [1.165, 1.54) is 31.4 Å². The Bertz CT molecular complexity index is 693. The van der Waals surface area contributed by atoms with Crippen LogP contribution in [0.2, 0.25) is 5.02 Å². The normalized spacial score (nSPS) is 15.5. The van der Waals surface area contributed by atoms with Crippen LogP contribution >= 0.6 is 11.6 Å². The summed E-state index contributed by atoms with van der Waals surface area (Å²) in [6.07, 6.45) is 3.70. The molecule has 3 rings (SSSR count). The van der Waals surface area contributed by atoms with Gasteiger partial charge in [-0.3, -0.25) is 9.69 Å². The van der Waals surface area contributed by atoms with Crippen LogP contribution in [0.4, 0.5) is 5.69 Å². The summed E-state index contributed by atoms with van der Waals surface area (Å²) in [5.74, 6) is 0.541. The average molecular weight is 335 g/mol. The lowest BCUT2D eigenvalue weighted by Crippen LogP contribution is -2.28. The highest BCUT2D eigenvalue weighted by Crippen LogP contribution is 2.27. The lowest BCUT2D eigenvalue weighted by Gasteiger charge is -2.25. The first kappa shape index (κ1) is 15.9. The van der Waals surface area contributed by atoms with Crippen molar-refractivity contribution in [3.05, 3.63) is 46.9 Å².